The molecule has 1 atom stereocenters. The van der Waals surface area contributed by atoms with Crippen LogP contribution in [0.25, 0.3) is 0 Å². The molecule has 0 spiro atoms. The van der Waals surface area contributed by atoms with Gasteiger partial charge in [0, 0.05) is 0 Å². The summed E-state index contributed by atoms with van der Waals surface area (Å²) in [5.41, 5.74) is 0.277. The smallest absolute Gasteiger partial charge is 0.0624 e. The molecule has 0 bridgehead atoms. The van der Waals surface area contributed by atoms with E-state index < -0.39 is 0 Å². The minimum atomic E-state index is -0.0186. The molecule has 0 saturated heterocycles. The average molecular weight is 252 g/mol. The van der Waals surface area contributed by atoms with Crippen molar-refractivity contribution in [1.82, 2.24) is 0 Å². The Kier molecular flexibility index (Phi) is 4.75. The van der Waals surface area contributed by atoms with Gasteiger partial charge in [0.25, 0.3) is 0 Å². The molecule has 1 nitrogen and oxygen atoms in total. The van der Waals surface area contributed by atoms with Crippen molar-refractivity contribution >= 4 is 0 Å². The molecule has 0 aromatic carbocycles. The van der Waals surface area contributed by atoms with E-state index >= 15 is 0 Å². The number of rotatable bonds is 4. The first kappa shape index (κ1) is 14.4. The Morgan fingerprint density at radius 2 is 1.61 bits per heavy atom. The second-order valence-electron chi connectivity index (χ2n) is 7.63. The fourth-order valence-electron chi connectivity index (χ4n) is 4.61. The monoisotopic (exact) mass is 252 g/mol. The Bertz CT molecular complexity index is 244. The fraction of sp³-hybridized carbons (Fsp3) is 1.00. The molecule has 0 amide bonds. The van der Waals surface area contributed by atoms with Crippen LogP contribution < -0.4 is 0 Å². The molecular formula is C17H32O. The first-order valence-electron chi connectivity index (χ1n) is 8.21. The summed E-state index contributed by atoms with van der Waals surface area (Å²) in [6, 6.07) is 0. The van der Waals surface area contributed by atoms with Crippen LogP contribution in [0.2, 0.25) is 0 Å². The van der Waals surface area contributed by atoms with Crippen LogP contribution in [0.1, 0.15) is 78.6 Å². The van der Waals surface area contributed by atoms with Crippen molar-refractivity contribution in [3.05, 3.63) is 0 Å². The van der Waals surface area contributed by atoms with Gasteiger partial charge in [-0.2, -0.15) is 0 Å². The van der Waals surface area contributed by atoms with Gasteiger partial charge in [0.2, 0.25) is 0 Å². The molecule has 2 aliphatic rings. The van der Waals surface area contributed by atoms with Crippen LogP contribution in [-0.2, 0) is 0 Å². The Hall–Kier alpha value is -0.0400. The van der Waals surface area contributed by atoms with Crippen LogP contribution >= 0.6 is 0 Å². The summed E-state index contributed by atoms with van der Waals surface area (Å²) in [7, 11) is 0. The highest BCUT2D eigenvalue weighted by Crippen LogP contribution is 2.50. The van der Waals surface area contributed by atoms with E-state index in [4.69, 9.17) is 0 Å². The topological polar surface area (TPSA) is 20.2 Å². The fourth-order valence-corrected chi connectivity index (χ4v) is 4.61. The van der Waals surface area contributed by atoms with Gasteiger partial charge in [-0.05, 0) is 55.3 Å². The van der Waals surface area contributed by atoms with Crippen molar-refractivity contribution in [2.75, 3.05) is 0 Å². The molecule has 2 saturated carbocycles. The molecule has 1 N–H and O–H groups in total. The third-order valence-electron chi connectivity index (χ3n) is 5.55. The van der Waals surface area contributed by atoms with Gasteiger partial charge in [0.05, 0.1) is 6.10 Å². The van der Waals surface area contributed by atoms with E-state index in [9.17, 15) is 5.11 Å². The van der Waals surface area contributed by atoms with Crippen LogP contribution in [0.3, 0.4) is 0 Å². The summed E-state index contributed by atoms with van der Waals surface area (Å²) >= 11 is 0. The lowest BCUT2D eigenvalue weighted by Crippen LogP contribution is -2.40. The third-order valence-corrected chi connectivity index (χ3v) is 5.55. The van der Waals surface area contributed by atoms with Gasteiger partial charge in [-0.3, -0.25) is 0 Å². The van der Waals surface area contributed by atoms with Crippen molar-refractivity contribution in [1.29, 1.82) is 0 Å². The number of hydrogen-bond donors (Lipinski definition) is 1. The number of aliphatic hydroxyl groups is 1. The van der Waals surface area contributed by atoms with Crippen molar-refractivity contribution in [2.45, 2.75) is 84.7 Å². The van der Waals surface area contributed by atoms with Crippen molar-refractivity contribution in [3.8, 4) is 0 Å². The molecule has 0 radical (unpaired) electrons. The molecule has 2 rings (SSSR count). The molecule has 0 aliphatic heterocycles. The van der Waals surface area contributed by atoms with E-state index in [0.717, 1.165) is 11.8 Å². The summed E-state index contributed by atoms with van der Waals surface area (Å²) in [5, 5.41) is 11.0. The van der Waals surface area contributed by atoms with Crippen molar-refractivity contribution < 1.29 is 5.11 Å². The quantitative estimate of drug-likeness (QED) is 0.763. The molecule has 2 aliphatic carbocycles. The first-order valence-corrected chi connectivity index (χ1v) is 8.21. The lowest BCUT2D eigenvalue weighted by molar-refractivity contribution is -0.0425. The number of aliphatic hydroxyl groups excluding tert-OH is 1. The van der Waals surface area contributed by atoms with Gasteiger partial charge in [-0.1, -0.05) is 46.5 Å². The molecule has 106 valence electrons. The zero-order valence-electron chi connectivity index (χ0n) is 12.6. The van der Waals surface area contributed by atoms with Gasteiger partial charge in [-0.25, -0.2) is 0 Å². The lowest BCUT2D eigenvalue weighted by Gasteiger charge is -2.42. The van der Waals surface area contributed by atoms with Crippen LogP contribution in [-0.4, -0.2) is 11.2 Å². The summed E-state index contributed by atoms with van der Waals surface area (Å²) in [4.78, 5) is 0. The summed E-state index contributed by atoms with van der Waals surface area (Å²) in [6.07, 6.45) is 11.6. The number of hydrogen-bond acceptors (Lipinski definition) is 1. The van der Waals surface area contributed by atoms with E-state index in [1.807, 2.05) is 0 Å². The van der Waals surface area contributed by atoms with Gasteiger partial charge in [0.1, 0.15) is 0 Å². The molecule has 0 aromatic heterocycles. The molecule has 1 heteroatoms. The zero-order chi connectivity index (χ0) is 13.2. The summed E-state index contributed by atoms with van der Waals surface area (Å²) < 4.78 is 0. The Balaban J connectivity index is 2.01. The Labute approximate surface area is 113 Å². The largest absolute Gasteiger partial charge is 0.392 e. The predicted molar refractivity (Wildman–Crippen MR) is 77.5 cm³/mol. The van der Waals surface area contributed by atoms with Crippen LogP contribution in [0, 0.1) is 23.2 Å². The van der Waals surface area contributed by atoms with Crippen LogP contribution in [0.5, 0.6) is 0 Å². The predicted octanol–water partition coefficient (Wildman–Crippen LogP) is 4.78. The minimum Gasteiger partial charge on any atom is -0.392 e. The Morgan fingerprint density at radius 3 is 2.11 bits per heavy atom. The highest BCUT2D eigenvalue weighted by molar-refractivity contribution is 4.95. The molecular weight excluding hydrogens is 220 g/mol. The third kappa shape index (κ3) is 3.10. The summed E-state index contributed by atoms with van der Waals surface area (Å²) in [6.45, 7) is 6.99. The average Bonchev–Trinajstić information content (AvgIpc) is 2.78. The molecule has 18 heavy (non-hydrogen) atoms. The van der Waals surface area contributed by atoms with E-state index in [0.29, 0.717) is 5.92 Å². The van der Waals surface area contributed by atoms with Crippen LogP contribution in [0.4, 0.5) is 0 Å². The van der Waals surface area contributed by atoms with E-state index in [1.54, 1.807) is 0 Å². The SMILES string of the molecule is CC(C)CC1(C(O)C2CCC(C)CC2)CCCC1. The summed E-state index contributed by atoms with van der Waals surface area (Å²) in [5.74, 6) is 2.20. The Morgan fingerprint density at radius 1 is 1.06 bits per heavy atom. The van der Waals surface area contributed by atoms with Crippen molar-refractivity contribution in [3.63, 3.8) is 0 Å². The second-order valence-corrected chi connectivity index (χ2v) is 7.63. The highest BCUT2D eigenvalue weighted by atomic mass is 16.3. The van der Waals surface area contributed by atoms with E-state index in [2.05, 4.69) is 20.8 Å². The molecule has 2 fully saturated rings. The van der Waals surface area contributed by atoms with Crippen molar-refractivity contribution in [2.24, 2.45) is 23.2 Å². The second kappa shape index (κ2) is 5.94. The maximum Gasteiger partial charge on any atom is 0.0624 e. The van der Waals surface area contributed by atoms with E-state index in [1.165, 1.54) is 57.8 Å². The van der Waals surface area contributed by atoms with E-state index in [-0.39, 0.29) is 11.5 Å². The lowest BCUT2D eigenvalue weighted by atomic mass is 9.66. The van der Waals surface area contributed by atoms with Gasteiger partial charge >= 0.3 is 0 Å². The highest BCUT2D eigenvalue weighted by Gasteiger charge is 2.44. The minimum absolute atomic E-state index is 0.0186. The molecule has 1 unspecified atom stereocenters. The van der Waals surface area contributed by atoms with Crippen LogP contribution in [0.15, 0.2) is 0 Å². The maximum atomic E-state index is 11.0. The normalized spacial score (nSPS) is 33.8. The van der Waals surface area contributed by atoms with Gasteiger partial charge in [0.15, 0.2) is 0 Å². The first-order chi connectivity index (χ1) is 8.53. The zero-order valence-corrected chi connectivity index (χ0v) is 12.6. The van der Waals surface area contributed by atoms with Gasteiger partial charge < -0.3 is 5.11 Å². The standard InChI is InChI=1S/C17H32O/c1-13(2)12-17(10-4-5-11-17)16(18)15-8-6-14(3)7-9-15/h13-16,18H,4-12H2,1-3H3. The molecule has 0 aromatic rings. The van der Waals surface area contributed by atoms with Gasteiger partial charge in [-0.15, -0.1) is 0 Å². The molecule has 0 heterocycles. The maximum absolute atomic E-state index is 11.0.